The van der Waals surface area contributed by atoms with E-state index in [1.807, 2.05) is 20.8 Å². The Bertz CT molecular complexity index is 420. The molecular formula is C22H43NO4. The van der Waals surface area contributed by atoms with E-state index < -0.39 is 23.0 Å². The quantitative estimate of drug-likeness (QED) is 0.247. The van der Waals surface area contributed by atoms with E-state index in [0.29, 0.717) is 13.0 Å². The average Bonchev–Trinajstić information content (AvgIpc) is 2.61. The van der Waals surface area contributed by atoms with Crippen LogP contribution in [0, 0.1) is 0 Å². The summed E-state index contributed by atoms with van der Waals surface area (Å²) < 4.78 is 0. The van der Waals surface area contributed by atoms with Gasteiger partial charge in [-0.1, -0.05) is 78.1 Å². The summed E-state index contributed by atoms with van der Waals surface area (Å²) in [4.78, 5) is 25.2. The summed E-state index contributed by atoms with van der Waals surface area (Å²) in [6, 6.07) is 0. The highest BCUT2D eigenvalue weighted by Crippen LogP contribution is 2.29. The number of hydrogen-bond acceptors (Lipinski definition) is 3. The van der Waals surface area contributed by atoms with Crippen LogP contribution in [-0.2, 0) is 9.59 Å². The van der Waals surface area contributed by atoms with E-state index in [9.17, 15) is 19.8 Å². The molecule has 0 rings (SSSR count). The standard InChI is InChI=1S/C22H43NO4/c1-6-8-9-10-11-12-13-14-15-16-17-18-23(21(3,4)7-2)22(5,19(24)25)20(26)27/h6-18H2,1-5H3,(H,24,25)(H,26,27). The van der Waals surface area contributed by atoms with Crippen molar-refractivity contribution in [3.05, 3.63) is 0 Å². The van der Waals surface area contributed by atoms with Gasteiger partial charge >= 0.3 is 11.9 Å². The Morgan fingerprint density at radius 2 is 1.07 bits per heavy atom. The molecule has 0 amide bonds. The SMILES string of the molecule is CCCCCCCCCCCCCN(C(C)(C)CC)C(C)(C(=O)O)C(=O)O. The lowest BCUT2D eigenvalue weighted by atomic mass is 9.89. The van der Waals surface area contributed by atoms with Gasteiger partial charge in [0.1, 0.15) is 0 Å². The van der Waals surface area contributed by atoms with Gasteiger partial charge in [-0.3, -0.25) is 4.90 Å². The molecule has 0 heterocycles. The third-order valence-corrected chi connectivity index (χ3v) is 5.95. The van der Waals surface area contributed by atoms with Crippen LogP contribution in [0.3, 0.4) is 0 Å². The molecule has 27 heavy (non-hydrogen) atoms. The van der Waals surface area contributed by atoms with E-state index >= 15 is 0 Å². The Morgan fingerprint density at radius 3 is 1.41 bits per heavy atom. The highest BCUT2D eigenvalue weighted by Gasteiger charge is 2.51. The molecule has 0 unspecified atom stereocenters. The minimum atomic E-state index is -1.89. The third kappa shape index (κ3) is 8.63. The van der Waals surface area contributed by atoms with Gasteiger partial charge in [-0.2, -0.15) is 0 Å². The van der Waals surface area contributed by atoms with Crippen LogP contribution in [0.15, 0.2) is 0 Å². The number of carbonyl (C=O) groups is 2. The van der Waals surface area contributed by atoms with Crippen LogP contribution in [0.25, 0.3) is 0 Å². The second-order valence-corrected chi connectivity index (χ2v) is 8.54. The van der Waals surface area contributed by atoms with Crippen molar-refractivity contribution in [2.45, 2.75) is 123 Å². The van der Waals surface area contributed by atoms with Gasteiger partial charge in [0, 0.05) is 12.1 Å². The van der Waals surface area contributed by atoms with Gasteiger partial charge in [0.05, 0.1) is 0 Å². The first-order valence-corrected chi connectivity index (χ1v) is 10.9. The number of unbranched alkanes of at least 4 members (excludes halogenated alkanes) is 10. The van der Waals surface area contributed by atoms with Crippen molar-refractivity contribution in [3.8, 4) is 0 Å². The van der Waals surface area contributed by atoms with Crippen molar-refractivity contribution in [1.29, 1.82) is 0 Å². The molecule has 0 aliphatic carbocycles. The number of carboxylic acids is 2. The lowest BCUT2D eigenvalue weighted by Gasteiger charge is -2.45. The van der Waals surface area contributed by atoms with Gasteiger partial charge in [0.25, 0.3) is 0 Å². The molecule has 0 radical (unpaired) electrons. The lowest BCUT2D eigenvalue weighted by molar-refractivity contribution is -0.172. The predicted octanol–water partition coefficient (Wildman–Crippen LogP) is 5.72. The summed E-state index contributed by atoms with van der Waals surface area (Å²) in [5.41, 5.74) is -2.37. The Balaban J connectivity index is 4.38. The van der Waals surface area contributed by atoms with Crippen molar-refractivity contribution in [1.82, 2.24) is 4.90 Å². The largest absolute Gasteiger partial charge is 0.479 e. The molecule has 0 bridgehead atoms. The normalized spacial score (nSPS) is 12.5. The Morgan fingerprint density at radius 1 is 0.704 bits per heavy atom. The second-order valence-electron chi connectivity index (χ2n) is 8.54. The molecule has 0 saturated heterocycles. The average molecular weight is 386 g/mol. The maximum absolute atomic E-state index is 11.7. The number of nitrogens with zero attached hydrogens (tertiary/aromatic N) is 1. The van der Waals surface area contributed by atoms with Crippen LogP contribution in [-0.4, -0.2) is 44.7 Å². The van der Waals surface area contributed by atoms with Crippen LogP contribution in [0.1, 0.15) is 112 Å². The zero-order valence-electron chi connectivity index (χ0n) is 18.4. The van der Waals surface area contributed by atoms with E-state index in [-0.39, 0.29) is 0 Å². The molecule has 0 aliphatic heterocycles. The third-order valence-electron chi connectivity index (χ3n) is 5.95. The van der Waals surface area contributed by atoms with E-state index in [1.165, 1.54) is 58.3 Å². The summed E-state index contributed by atoms with van der Waals surface area (Å²) in [6.45, 7) is 9.86. The highest BCUT2D eigenvalue weighted by atomic mass is 16.4. The molecule has 0 aromatic heterocycles. The molecular weight excluding hydrogens is 342 g/mol. The van der Waals surface area contributed by atoms with Gasteiger partial charge in [0.2, 0.25) is 5.54 Å². The minimum Gasteiger partial charge on any atom is -0.479 e. The van der Waals surface area contributed by atoms with E-state index in [4.69, 9.17) is 0 Å². The van der Waals surface area contributed by atoms with Crippen LogP contribution in [0.2, 0.25) is 0 Å². The van der Waals surface area contributed by atoms with Gasteiger partial charge < -0.3 is 10.2 Å². The molecule has 5 nitrogen and oxygen atoms in total. The summed E-state index contributed by atoms with van der Waals surface area (Å²) >= 11 is 0. The zero-order valence-corrected chi connectivity index (χ0v) is 18.4. The van der Waals surface area contributed by atoms with Crippen molar-refractivity contribution < 1.29 is 19.8 Å². The molecule has 0 fully saturated rings. The maximum Gasteiger partial charge on any atom is 0.335 e. The lowest BCUT2D eigenvalue weighted by Crippen LogP contribution is -2.64. The number of hydrogen-bond donors (Lipinski definition) is 2. The molecule has 0 aliphatic rings. The fraction of sp³-hybridized carbons (Fsp3) is 0.909. The fourth-order valence-electron chi connectivity index (χ4n) is 3.58. The number of aliphatic carboxylic acids is 2. The van der Waals surface area contributed by atoms with Crippen LogP contribution < -0.4 is 0 Å². The first-order chi connectivity index (χ1) is 12.6. The maximum atomic E-state index is 11.7. The molecule has 0 aromatic rings. The first kappa shape index (κ1) is 25.9. The minimum absolute atomic E-state index is 0.482. The molecule has 0 spiro atoms. The molecule has 2 N–H and O–H groups in total. The molecule has 160 valence electrons. The Kier molecular flexibility index (Phi) is 12.6. The van der Waals surface area contributed by atoms with E-state index in [0.717, 1.165) is 19.3 Å². The highest BCUT2D eigenvalue weighted by molar-refractivity contribution is 6.02. The molecule has 5 heteroatoms. The number of carboxylic acid groups (broad SMARTS) is 2. The first-order valence-electron chi connectivity index (χ1n) is 10.9. The zero-order chi connectivity index (χ0) is 20.9. The summed E-state index contributed by atoms with van der Waals surface area (Å²) in [7, 11) is 0. The fourth-order valence-corrected chi connectivity index (χ4v) is 3.58. The van der Waals surface area contributed by atoms with Gasteiger partial charge in [-0.05, 0) is 33.6 Å². The molecule has 0 saturated carbocycles. The van der Waals surface area contributed by atoms with Gasteiger partial charge in [-0.15, -0.1) is 0 Å². The van der Waals surface area contributed by atoms with Crippen molar-refractivity contribution in [2.24, 2.45) is 0 Å². The summed E-state index contributed by atoms with van der Waals surface area (Å²) in [6.07, 6.45) is 14.1. The van der Waals surface area contributed by atoms with Crippen molar-refractivity contribution in [2.75, 3.05) is 6.54 Å². The van der Waals surface area contributed by atoms with Crippen LogP contribution in [0.4, 0.5) is 0 Å². The molecule has 0 aromatic carbocycles. The monoisotopic (exact) mass is 385 g/mol. The second kappa shape index (κ2) is 13.1. The number of rotatable bonds is 17. The Labute approximate surface area is 166 Å². The summed E-state index contributed by atoms with van der Waals surface area (Å²) in [5, 5.41) is 19.2. The van der Waals surface area contributed by atoms with Gasteiger partial charge in [-0.25, -0.2) is 9.59 Å². The molecule has 0 atom stereocenters. The topological polar surface area (TPSA) is 77.8 Å². The smallest absolute Gasteiger partial charge is 0.335 e. The van der Waals surface area contributed by atoms with Gasteiger partial charge in [0.15, 0.2) is 0 Å². The van der Waals surface area contributed by atoms with Crippen LogP contribution in [0.5, 0.6) is 0 Å². The van der Waals surface area contributed by atoms with Crippen molar-refractivity contribution in [3.63, 3.8) is 0 Å². The Hall–Kier alpha value is -1.10. The van der Waals surface area contributed by atoms with E-state index in [1.54, 1.807) is 4.90 Å². The predicted molar refractivity (Wildman–Crippen MR) is 111 cm³/mol. The van der Waals surface area contributed by atoms with E-state index in [2.05, 4.69) is 6.92 Å². The summed E-state index contributed by atoms with van der Waals surface area (Å²) in [5.74, 6) is -2.58. The van der Waals surface area contributed by atoms with Crippen LogP contribution >= 0.6 is 0 Å². The van der Waals surface area contributed by atoms with Crippen molar-refractivity contribution >= 4 is 11.9 Å².